The number of hydrogen-bond donors (Lipinski definition) is 2. The number of aliphatic hydroxyl groups is 1. The molecule has 0 heterocycles. The molecule has 0 unspecified atom stereocenters. The Morgan fingerprint density at radius 3 is 2.71 bits per heavy atom. The summed E-state index contributed by atoms with van der Waals surface area (Å²) in [7, 11) is 0. The lowest BCUT2D eigenvalue weighted by molar-refractivity contribution is 0.0206. The van der Waals surface area contributed by atoms with Crippen molar-refractivity contribution in [2.45, 2.75) is 31.4 Å². The lowest BCUT2D eigenvalue weighted by Crippen LogP contribution is -2.52. The van der Waals surface area contributed by atoms with Gasteiger partial charge in [0.2, 0.25) is 0 Å². The highest BCUT2D eigenvalue weighted by Crippen LogP contribution is 2.41. The zero-order chi connectivity index (χ0) is 10.3. The summed E-state index contributed by atoms with van der Waals surface area (Å²) in [4.78, 5) is 0. The molecule has 1 fully saturated rings. The first-order chi connectivity index (χ1) is 6.53. The van der Waals surface area contributed by atoms with E-state index in [4.69, 9.17) is 5.73 Å². The molecule has 1 aromatic carbocycles. The van der Waals surface area contributed by atoms with Gasteiger partial charge in [-0.2, -0.15) is 0 Å². The van der Waals surface area contributed by atoms with Crippen LogP contribution in [0.4, 0.5) is 0 Å². The van der Waals surface area contributed by atoms with E-state index >= 15 is 0 Å². The summed E-state index contributed by atoms with van der Waals surface area (Å²) in [5.41, 5.74) is 8.22. The van der Waals surface area contributed by atoms with Crippen molar-refractivity contribution >= 4 is 15.9 Å². The van der Waals surface area contributed by atoms with Gasteiger partial charge in [-0.15, -0.1) is 0 Å². The van der Waals surface area contributed by atoms with Crippen LogP contribution in [0.15, 0.2) is 22.7 Å². The molecular formula is C11H14BrNO. The van der Waals surface area contributed by atoms with E-state index in [0.29, 0.717) is 12.8 Å². The fourth-order valence-electron chi connectivity index (χ4n) is 2.15. The molecule has 0 aromatic heterocycles. The van der Waals surface area contributed by atoms with Crippen LogP contribution < -0.4 is 5.73 Å². The van der Waals surface area contributed by atoms with Crippen molar-refractivity contribution < 1.29 is 5.11 Å². The summed E-state index contributed by atoms with van der Waals surface area (Å²) in [6, 6.07) is 6.05. The maximum Gasteiger partial charge on any atom is 0.0582 e. The van der Waals surface area contributed by atoms with Crippen LogP contribution in [0.5, 0.6) is 0 Å². The Bertz CT molecular complexity index is 358. The molecule has 1 aromatic rings. The Morgan fingerprint density at radius 2 is 2.14 bits per heavy atom. The monoisotopic (exact) mass is 255 g/mol. The third-order valence-electron chi connectivity index (χ3n) is 3.00. The van der Waals surface area contributed by atoms with Gasteiger partial charge >= 0.3 is 0 Å². The van der Waals surface area contributed by atoms with Crippen molar-refractivity contribution in [2.24, 2.45) is 5.73 Å². The molecule has 14 heavy (non-hydrogen) atoms. The van der Waals surface area contributed by atoms with Gasteiger partial charge in [-0.1, -0.05) is 28.1 Å². The molecule has 0 radical (unpaired) electrons. The first-order valence-electron chi connectivity index (χ1n) is 4.75. The van der Waals surface area contributed by atoms with Crippen LogP contribution in [0.2, 0.25) is 0 Å². The molecular weight excluding hydrogens is 242 g/mol. The standard InChI is InChI=1S/C11H14BrNO/c1-7-9(3-2-4-10(7)12)11(13)5-8(14)6-11/h2-4,8,14H,5-6,13H2,1H3. The largest absolute Gasteiger partial charge is 0.393 e. The number of nitrogens with two attached hydrogens (primary N) is 1. The molecule has 1 saturated carbocycles. The van der Waals surface area contributed by atoms with Crippen LogP contribution >= 0.6 is 15.9 Å². The van der Waals surface area contributed by atoms with Crippen molar-refractivity contribution in [2.75, 3.05) is 0 Å². The second-order valence-electron chi connectivity index (χ2n) is 4.13. The Morgan fingerprint density at radius 1 is 1.50 bits per heavy atom. The maximum absolute atomic E-state index is 9.31. The molecule has 1 aliphatic carbocycles. The quantitative estimate of drug-likeness (QED) is 0.807. The summed E-state index contributed by atoms with van der Waals surface area (Å²) >= 11 is 3.49. The maximum atomic E-state index is 9.31. The van der Waals surface area contributed by atoms with E-state index in [0.717, 1.165) is 10.0 Å². The molecule has 76 valence electrons. The Kier molecular flexibility index (Phi) is 2.41. The van der Waals surface area contributed by atoms with E-state index in [9.17, 15) is 5.11 Å². The number of benzene rings is 1. The van der Waals surface area contributed by atoms with Crippen LogP contribution in [-0.2, 0) is 5.54 Å². The third kappa shape index (κ3) is 1.49. The number of hydrogen-bond acceptors (Lipinski definition) is 2. The average Bonchev–Trinajstić information content (AvgIpc) is 2.07. The second-order valence-corrected chi connectivity index (χ2v) is 4.98. The smallest absolute Gasteiger partial charge is 0.0582 e. The first-order valence-corrected chi connectivity index (χ1v) is 5.55. The minimum Gasteiger partial charge on any atom is -0.393 e. The lowest BCUT2D eigenvalue weighted by atomic mass is 9.69. The molecule has 0 amide bonds. The molecule has 0 saturated heterocycles. The minimum atomic E-state index is -0.312. The fourth-order valence-corrected chi connectivity index (χ4v) is 2.51. The fraction of sp³-hybridized carbons (Fsp3) is 0.455. The van der Waals surface area contributed by atoms with E-state index in [1.54, 1.807) is 0 Å². The van der Waals surface area contributed by atoms with Gasteiger partial charge in [-0.3, -0.25) is 0 Å². The van der Waals surface area contributed by atoms with E-state index in [2.05, 4.69) is 22.9 Å². The predicted octanol–water partition coefficient (Wildman–Crippen LogP) is 2.07. The third-order valence-corrected chi connectivity index (χ3v) is 3.86. The van der Waals surface area contributed by atoms with Gasteiger partial charge in [0, 0.05) is 10.0 Å². The zero-order valence-corrected chi connectivity index (χ0v) is 9.71. The highest BCUT2D eigenvalue weighted by atomic mass is 79.9. The number of rotatable bonds is 1. The van der Waals surface area contributed by atoms with Crippen LogP contribution in [0.1, 0.15) is 24.0 Å². The van der Waals surface area contributed by atoms with Gasteiger partial charge in [-0.05, 0) is 37.0 Å². The summed E-state index contributed by atoms with van der Waals surface area (Å²) < 4.78 is 1.08. The van der Waals surface area contributed by atoms with Crippen LogP contribution in [0.3, 0.4) is 0 Å². The predicted molar refractivity (Wildman–Crippen MR) is 60.0 cm³/mol. The molecule has 0 bridgehead atoms. The molecule has 3 N–H and O–H groups in total. The second kappa shape index (κ2) is 3.33. The SMILES string of the molecule is Cc1c(Br)cccc1C1(N)CC(O)C1. The molecule has 3 heteroatoms. The highest BCUT2D eigenvalue weighted by Gasteiger charge is 2.42. The van der Waals surface area contributed by atoms with E-state index in [1.165, 1.54) is 5.56 Å². The molecule has 0 spiro atoms. The molecule has 2 nitrogen and oxygen atoms in total. The number of aliphatic hydroxyl groups excluding tert-OH is 1. The van der Waals surface area contributed by atoms with Crippen LogP contribution in [-0.4, -0.2) is 11.2 Å². The minimum absolute atomic E-state index is 0.224. The molecule has 1 aliphatic rings. The summed E-state index contributed by atoms with van der Waals surface area (Å²) in [5, 5.41) is 9.31. The normalized spacial score (nSPS) is 31.3. The van der Waals surface area contributed by atoms with Gasteiger partial charge in [0.05, 0.1) is 6.10 Å². The molecule has 0 aliphatic heterocycles. The Hall–Kier alpha value is -0.380. The Labute approximate surface area is 92.3 Å². The summed E-state index contributed by atoms with van der Waals surface area (Å²) in [5.74, 6) is 0. The van der Waals surface area contributed by atoms with Gasteiger partial charge in [-0.25, -0.2) is 0 Å². The lowest BCUT2D eigenvalue weighted by Gasteiger charge is -2.43. The van der Waals surface area contributed by atoms with Crippen molar-refractivity contribution in [1.29, 1.82) is 0 Å². The summed E-state index contributed by atoms with van der Waals surface area (Å²) in [6.07, 6.45) is 1.12. The van der Waals surface area contributed by atoms with Crippen molar-refractivity contribution in [1.82, 2.24) is 0 Å². The van der Waals surface area contributed by atoms with Crippen molar-refractivity contribution in [3.05, 3.63) is 33.8 Å². The Balaban J connectivity index is 2.37. The number of halogens is 1. The van der Waals surface area contributed by atoms with Gasteiger partial charge in [0.25, 0.3) is 0 Å². The van der Waals surface area contributed by atoms with Gasteiger partial charge in [0.1, 0.15) is 0 Å². The van der Waals surface area contributed by atoms with Crippen LogP contribution in [0.25, 0.3) is 0 Å². The zero-order valence-electron chi connectivity index (χ0n) is 8.13. The van der Waals surface area contributed by atoms with Gasteiger partial charge < -0.3 is 10.8 Å². The van der Waals surface area contributed by atoms with Crippen LogP contribution in [0, 0.1) is 6.92 Å². The first kappa shape index (κ1) is 10.1. The van der Waals surface area contributed by atoms with Crippen molar-refractivity contribution in [3.8, 4) is 0 Å². The topological polar surface area (TPSA) is 46.2 Å². The molecule has 0 atom stereocenters. The van der Waals surface area contributed by atoms with E-state index in [-0.39, 0.29) is 11.6 Å². The highest BCUT2D eigenvalue weighted by molar-refractivity contribution is 9.10. The summed E-state index contributed by atoms with van der Waals surface area (Å²) in [6.45, 7) is 2.05. The van der Waals surface area contributed by atoms with Crippen molar-refractivity contribution in [3.63, 3.8) is 0 Å². The van der Waals surface area contributed by atoms with Gasteiger partial charge in [0.15, 0.2) is 0 Å². The average molecular weight is 256 g/mol. The molecule has 2 rings (SSSR count). The van der Waals surface area contributed by atoms with E-state index in [1.807, 2.05) is 18.2 Å². The van der Waals surface area contributed by atoms with E-state index < -0.39 is 0 Å².